The van der Waals surface area contributed by atoms with Crippen molar-refractivity contribution in [3.63, 3.8) is 0 Å². The van der Waals surface area contributed by atoms with Crippen LogP contribution in [0.15, 0.2) is 29.2 Å². The number of sulfonamides is 1. The molecule has 0 radical (unpaired) electrons. The van der Waals surface area contributed by atoms with Crippen LogP contribution in [0.3, 0.4) is 0 Å². The molecule has 7 heteroatoms. The van der Waals surface area contributed by atoms with Gasteiger partial charge >= 0.3 is 0 Å². The number of rotatable bonds is 4. The van der Waals surface area contributed by atoms with E-state index in [-0.39, 0.29) is 16.8 Å². The van der Waals surface area contributed by atoms with E-state index >= 15 is 0 Å². The van der Waals surface area contributed by atoms with Gasteiger partial charge in [0.2, 0.25) is 10.0 Å². The average Bonchev–Trinajstić information content (AvgIpc) is 2.91. The van der Waals surface area contributed by atoms with Crippen molar-refractivity contribution in [1.29, 1.82) is 0 Å². The molecule has 1 aromatic carbocycles. The van der Waals surface area contributed by atoms with Crippen molar-refractivity contribution >= 4 is 15.9 Å². The largest absolute Gasteiger partial charge is 0.381 e. The monoisotopic (exact) mass is 298 g/mol. The van der Waals surface area contributed by atoms with Crippen molar-refractivity contribution in [2.45, 2.75) is 24.3 Å². The van der Waals surface area contributed by atoms with Crippen LogP contribution in [0.25, 0.3) is 0 Å². The third-order valence-electron chi connectivity index (χ3n) is 3.48. The Hall–Kier alpha value is -1.44. The topological polar surface area (TPSA) is 98.5 Å². The normalized spacial score (nSPS) is 20.6. The van der Waals surface area contributed by atoms with Gasteiger partial charge in [-0.2, -0.15) is 0 Å². The number of nitrogens with one attached hydrogen (secondary N) is 1. The van der Waals surface area contributed by atoms with Crippen LogP contribution in [0.2, 0.25) is 0 Å². The average molecular weight is 298 g/mol. The Balaban J connectivity index is 2.02. The second-order valence-corrected chi connectivity index (χ2v) is 6.52. The molecule has 1 saturated heterocycles. The molecule has 1 aromatic rings. The van der Waals surface area contributed by atoms with E-state index in [0.717, 1.165) is 13.0 Å². The zero-order valence-corrected chi connectivity index (χ0v) is 12.0. The molecule has 1 aliphatic heterocycles. The Kier molecular flexibility index (Phi) is 4.42. The number of ether oxygens (including phenoxy) is 1. The van der Waals surface area contributed by atoms with Gasteiger partial charge < -0.3 is 10.1 Å². The summed E-state index contributed by atoms with van der Waals surface area (Å²) in [5.74, 6) is 0.0908. The molecule has 1 aliphatic rings. The van der Waals surface area contributed by atoms with Crippen LogP contribution >= 0.6 is 0 Å². The van der Waals surface area contributed by atoms with Crippen molar-refractivity contribution in [2.75, 3.05) is 13.2 Å². The molecular formula is C13H18N2O4S. The first-order valence-electron chi connectivity index (χ1n) is 6.39. The van der Waals surface area contributed by atoms with Crippen molar-refractivity contribution in [1.82, 2.24) is 5.32 Å². The maximum atomic E-state index is 12.0. The number of amides is 1. The molecule has 1 fully saturated rings. The number of hydrogen-bond acceptors (Lipinski definition) is 4. The first-order valence-corrected chi connectivity index (χ1v) is 7.94. The van der Waals surface area contributed by atoms with Gasteiger partial charge in [0.25, 0.3) is 5.91 Å². The lowest BCUT2D eigenvalue weighted by Crippen LogP contribution is -2.38. The standard InChI is InChI=1S/C13H18N2O4S/c1-9(11-6-7-19-8-11)15-13(16)10-2-4-12(5-3-10)20(14,17)18/h2-5,9,11H,6-8H2,1H3,(H,15,16)(H2,14,17,18). The molecule has 1 amide bonds. The summed E-state index contributed by atoms with van der Waals surface area (Å²) in [6.07, 6.45) is 0.936. The predicted octanol–water partition coefficient (Wildman–Crippen LogP) is 0.489. The second kappa shape index (κ2) is 5.90. The molecule has 2 atom stereocenters. The summed E-state index contributed by atoms with van der Waals surface area (Å²) >= 11 is 0. The Morgan fingerprint density at radius 1 is 1.40 bits per heavy atom. The van der Waals surface area contributed by atoms with Crippen molar-refractivity contribution in [3.8, 4) is 0 Å². The highest BCUT2D eigenvalue weighted by Crippen LogP contribution is 2.17. The molecule has 0 spiro atoms. The van der Waals surface area contributed by atoms with E-state index in [1.54, 1.807) is 0 Å². The number of carbonyl (C=O) groups excluding carboxylic acids is 1. The van der Waals surface area contributed by atoms with E-state index in [1.165, 1.54) is 24.3 Å². The molecule has 0 aromatic heterocycles. The van der Waals surface area contributed by atoms with Crippen LogP contribution in [0.1, 0.15) is 23.7 Å². The van der Waals surface area contributed by atoms with Gasteiger partial charge in [0.1, 0.15) is 0 Å². The van der Waals surface area contributed by atoms with Crippen molar-refractivity contribution < 1.29 is 17.9 Å². The highest BCUT2D eigenvalue weighted by Gasteiger charge is 2.23. The first kappa shape index (κ1) is 15.0. The van der Waals surface area contributed by atoms with Crippen LogP contribution in [0, 0.1) is 5.92 Å². The maximum absolute atomic E-state index is 12.0. The van der Waals surface area contributed by atoms with Gasteiger partial charge in [0.05, 0.1) is 11.5 Å². The summed E-state index contributed by atoms with van der Waals surface area (Å²) in [6, 6.07) is 5.57. The maximum Gasteiger partial charge on any atom is 0.251 e. The lowest BCUT2D eigenvalue weighted by Gasteiger charge is -2.19. The molecule has 2 unspecified atom stereocenters. The Labute approximate surface area is 118 Å². The minimum atomic E-state index is -3.73. The van der Waals surface area contributed by atoms with Gasteiger partial charge in [-0.05, 0) is 37.6 Å². The quantitative estimate of drug-likeness (QED) is 0.845. The highest BCUT2D eigenvalue weighted by molar-refractivity contribution is 7.89. The fraction of sp³-hybridized carbons (Fsp3) is 0.462. The van der Waals surface area contributed by atoms with E-state index < -0.39 is 10.0 Å². The minimum absolute atomic E-state index is 0.00806. The lowest BCUT2D eigenvalue weighted by atomic mass is 10.0. The van der Waals surface area contributed by atoms with Crippen LogP contribution in [0.4, 0.5) is 0 Å². The first-order chi connectivity index (χ1) is 9.38. The molecule has 0 aliphatic carbocycles. The zero-order valence-electron chi connectivity index (χ0n) is 11.2. The van der Waals surface area contributed by atoms with Gasteiger partial charge in [-0.1, -0.05) is 0 Å². The third-order valence-corrected chi connectivity index (χ3v) is 4.41. The van der Waals surface area contributed by atoms with Gasteiger partial charge in [0, 0.05) is 24.1 Å². The van der Waals surface area contributed by atoms with E-state index in [0.29, 0.717) is 18.1 Å². The highest BCUT2D eigenvalue weighted by atomic mass is 32.2. The summed E-state index contributed by atoms with van der Waals surface area (Å²) in [5.41, 5.74) is 0.406. The fourth-order valence-corrected chi connectivity index (χ4v) is 2.67. The number of primary sulfonamides is 1. The lowest BCUT2D eigenvalue weighted by molar-refractivity contribution is 0.0922. The van der Waals surface area contributed by atoms with Gasteiger partial charge in [0.15, 0.2) is 0 Å². The Bertz CT molecular complexity index is 577. The summed E-state index contributed by atoms with van der Waals surface area (Å²) in [4.78, 5) is 12.0. The van der Waals surface area contributed by atoms with Gasteiger partial charge in [-0.25, -0.2) is 13.6 Å². The summed E-state index contributed by atoms with van der Waals surface area (Å²) < 4.78 is 27.5. The van der Waals surface area contributed by atoms with E-state index in [1.807, 2.05) is 6.92 Å². The molecule has 0 saturated carbocycles. The zero-order chi connectivity index (χ0) is 14.8. The third kappa shape index (κ3) is 3.56. The fourth-order valence-electron chi connectivity index (χ4n) is 2.15. The van der Waals surface area contributed by atoms with Crippen LogP contribution in [0.5, 0.6) is 0 Å². The van der Waals surface area contributed by atoms with Crippen molar-refractivity contribution in [2.24, 2.45) is 11.1 Å². The summed E-state index contributed by atoms with van der Waals surface area (Å²) in [7, 11) is -3.73. The smallest absolute Gasteiger partial charge is 0.251 e. The predicted molar refractivity (Wildman–Crippen MR) is 73.7 cm³/mol. The van der Waals surface area contributed by atoms with Crippen LogP contribution in [-0.2, 0) is 14.8 Å². The second-order valence-electron chi connectivity index (χ2n) is 4.96. The molecule has 2 rings (SSSR count). The van der Waals surface area contributed by atoms with E-state index in [9.17, 15) is 13.2 Å². The molecule has 0 bridgehead atoms. The molecule has 6 nitrogen and oxygen atoms in total. The van der Waals surface area contributed by atoms with E-state index in [2.05, 4.69) is 5.32 Å². The van der Waals surface area contributed by atoms with Gasteiger partial charge in [-0.15, -0.1) is 0 Å². The molecule has 110 valence electrons. The molecular weight excluding hydrogens is 280 g/mol. The molecule has 1 heterocycles. The Morgan fingerprint density at radius 3 is 2.55 bits per heavy atom. The Morgan fingerprint density at radius 2 is 2.05 bits per heavy atom. The van der Waals surface area contributed by atoms with Crippen LogP contribution in [-0.4, -0.2) is 33.6 Å². The SMILES string of the molecule is CC(NC(=O)c1ccc(S(N)(=O)=O)cc1)C1CCOC1. The number of hydrogen-bond donors (Lipinski definition) is 2. The van der Waals surface area contributed by atoms with E-state index in [4.69, 9.17) is 9.88 Å². The number of benzene rings is 1. The molecule has 20 heavy (non-hydrogen) atoms. The minimum Gasteiger partial charge on any atom is -0.381 e. The number of nitrogens with two attached hydrogens (primary N) is 1. The summed E-state index contributed by atoms with van der Waals surface area (Å²) in [5, 5.41) is 7.90. The summed E-state index contributed by atoms with van der Waals surface area (Å²) in [6.45, 7) is 3.33. The van der Waals surface area contributed by atoms with Crippen LogP contribution < -0.4 is 10.5 Å². The number of carbonyl (C=O) groups is 1. The van der Waals surface area contributed by atoms with Gasteiger partial charge in [-0.3, -0.25) is 4.79 Å². The van der Waals surface area contributed by atoms with Crippen molar-refractivity contribution in [3.05, 3.63) is 29.8 Å². The molecule has 3 N–H and O–H groups in total.